The Labute approximate surface area is 140 Å². The smallest absolute Gasteiger partial charge is 0.266 e. The molecule has 114 valence electrons. The van der Waals surface area contributed by atoms with Crippen LogP contribution in [0.25, 0.3) is 12.2 Å². The molecule has 0 radical (unpaired) electrons. The van der Waals surface area contributed by atoms with Gasteiger partial charge in [0.05, 0.1) is 9.20 Å². The van der Waals surface area contributed by atoms with Crippen LogP contribution in [0.2, 0.25) is 5.02 Å². The number of benzene rings is 1. The minimum absolute atomic E-state index is 0.186. The van der Waals surface area contributed by atoms with Gasteiger partial charge in [-0.25, -0.2) is 0 Å². The van der Waals surface area contributed by atoms with Gasteiger partial charge >= 0.3 is 0 Å². The summed E-state index contributed by atoms with van der Waals surface area (Å²) < 4.78 is 1.04. The van der Waals surface area contributed by atoms with Crippen LogP contribution in [0.1, 0.15) is 15.9 Å². The molecule has 1 aromatic carbocycles. The van der Waals surface area contributed by atoms with Gasteiger partial charge in [0.15, 0.2) is 5.78 Å². The van der Waals surface area contributed by atoms with E-state index in [4.69, 9.17) is 11.6 Å². The van der Waals surface area contributed by atoms with Gasteiger partial charge in [0.2, 0.25) is 0 Å². The number of rotatable bonds is 3. The van der Waals surface area contributed by atoms with Crippen molar-refractivity contribution in [1.29, 1.82) is 0 Å². The maximum atomic E-state index is 12.2. The maximum absolute atomic E-state index is 12.2. The second kappa shape index (κ2) is 6.73. The highest BCUT2D eigenvalue weighted by atomic mass is 35.5. The van der Waals surface area contributed by atoms with E-state index in [-0.39, 0.29) is 11.3 Å². The largest absolute Gasteiger partial charge is 0.313 e. The molecule has 23 heavy (non-hydrogen) atoms. The van der Waals surface area contributed by atoms with Crippen LogP contribution in [0, 0.1) is 0 Å². The monoisotopic (exact) mass is 342 g/mol. The number of carbonyl (C=O) groups excluding carboxylic acids is 1. The van der Waals surface area contributed by atoms with Gasteiger partial charge in [0.1, 0.15) is 0 Å². The molecule has 6 heteroatoms. The number of thiazole rings is 1. The Morgan fingerprint density at radius 1 is 1.13 bits per heavy atom. The van der Waals surface area contributed by atoms with E-state index in [1.54, 1.807) is 54.9 Å². The summed E-state index contributed by atoms with van der Waals surface area (Å²) in [4.78, 5) is 30.8. The molecule has 0 amide bonds. The van der Waals surface area contributed by atoms with Crippen LogP contribution >= 0.6 is 22.9 Å². The molecule has 0 saturated carbocycles. The van der Waals surface area contributed by atoms with Gasteiger partial charge in [-0.15, -0.1) is 11.3 Å². The van der Waals surface area contributed by atoms with E-state index in [2.05, 4.69) is 9.97 Å². The second-order valence-electron chi connectivity index (χ2n) is 4.73. The first kappa shape index (κ1) is 15.4. The molecule has 0 aliphatic heterocycles. The molecule has 0 unspecified atom stereocenters. The van der Waals surface area contributed by atoms with E-state index >= 15 is 0 Å². The molecule has 2 heterocycles. The number of nitrogens with one attached hydrogen (secondary N) is 1. The van der Waals surface area contributed by atoms with E-state index in [9.17, 15) is 9.59 Å². The molecule has 2 aromatic heterocycles. The van der Waals surface area contributed by atoms with Gasteiger partial charge in [-0.05, 0) is 48.0 Å². The molecule has 0 aliphatic rings. The van der Waals surface area contributed by atoms with Crippen molar-refractivity contribution in [1.82, 2.24) is 9.97 Å². The third-order valence-electron chi connectivity index (χ3n) is 3.08. The lowest BCUT2D eigenvalue weighted by Gasteiger charge is -1.94. The fraction of sp³-hybridized carbons (Fsp3) is 0. The lowest BCUT2D eigenvalue weighted by atomic mass is 10.1. The minimum atomic E-state index is -0.220. The number of aromatic amines is 1. The first-order valence-electron chi connectivity index (χ1n) is 6.74. The number of pyridine rings is 1. The van der Waals surface area contributed by atoms with E-state index in [1.165, 1.54) is 17.4 Å². The number of hydrogen-bond acceptors (Lipinski definition) is 4. The molecule has 0 aliphatic carbocycles. The Morgan fingerprint density at radius 2 is 1.83 bits per heavy atom. The lowest BCUT2D eigenvalue weighted by Crippen LogP contribution is -2.20. The van der Waals surface area contributed by atoms with Gasteiger partial charge in [-0.3, -0.25) is 14.6 Å². The number of carbonyl (C=O) groups is 1. The quantitative estimate of drug-likeness (QED) is 0.740. The zero-order chi connectivity index (χ0) is 16.2. The molecule has 1 N–H and O–H groups in total. The van der Waals surface area contributed by atoms with Crippen molar-refractivity contribution in [3.05, 3.63) is 84.5 Å². The normalized spacial score (nSPS) is 12.6. The van der Waals surface area contributed by atoms with Crippen LogP contribution < -0.4 is 14.8 Å². The van der Waals surface area contributed by atoms with Crippen LogP contribution in [0.5, 0.6) is 0 Å². The molecular weight excluding hydrogens is 332 g/mol. The summed E-state index contributed by atoms with van der Waals surface area (Å²) in [5.41, 5.74) is 1.17. The summed E-state index contributed by atoms with van der Waals surface area (Å²) in [5.74, 6) is -0.186. The third-order valence-corrected chi connectivity index (χ3v) is 4.29. The zero-order valence-electron chi connectivity index (χ0n) is 11.8. The molecule has 0 spiro atoms. The van der Waals surface area contributed by atoms with E-state index in [0.29, 0.717) is 19.8 Å². The number of nitrogens with zero attached hydrogens (tertiary/aromatic N) is 1. The Balaban J connectivity index is 1.97. The summed E-state index contributed by atoms with van der Waals surface area (Å²) in [6.45, 7) is 0. The van der Waals surface area contributed by atoms with Gasteiger partial charge < -0.3 is 4.98 Å². The molecule has 0 atom stereocenters. The summed E-state index contributed by atoms with van der Waals surface area (Å²) in [5, 5.41) is 0.570. The molecule has 0 saturated heterocycles. The number of hydrogen-bond donors (Lipinski definition) is 1. The molecule has 4 nitrogen and oxygen atoms in total. The van der Waals surface area contributed by atoms with Gasteiger partial charge in [0, 0.05) is 29.1 Å². The first-order valence-corrected chi connectivity index (χ1v) is 7.94. The van der Waals surface area contributed by atoms with Crippen molar-refractivity contribution in [2.45, 2.75) is 0 Å². The SMILES string of the molecule is O=C(C=c1[nH]c(=O)c(=Cc2ccncc2)s1)c1ccc(Cl)cc1. The van der Waals surface area contributed by atoms with Crippen LogP contribution in [0.3, 0.4) is 0 Å². The van der Waals surface area contributed by atoms with Gasteiger partial charge in [-0.2, -0.15) is 0 Å². The molecule has 3 aromatic rings. The highest BCUT2D eigenvalue weighted by Crippen LogP contribution is 2.10. The number of ketones is 1. The maximum Gasteiger partial charge on any atom is 0.266 e. The Morgan fingerprint density at radius 3 is 2.52 bits per heavy atom. The predicted octanol–water partition coefficient (Wildman–Crippen LogP) is 1.98. The van der Waals surface area contributed by atoms with Crippen molar-refractivity contribution in [2.75, 3.05) is 0 Å². The van der Waals surface area contributed by atoms with Crippen molar-refractivity contribution in [3.63, 3.8) is 0 Å². The predicted molar refractivity (Wildman–Crippen MR) is 92.2 cm³/mol. The highest BCUT2D eigenvalue weighted by Gasteiger charge is 2.03. The minimum Gasteiger partial charge on any atom is -0.313 e. The van der Waals surface area contributed by atoms with Gasteiger partial charge in [0.25, 0.3) is 5.56 Å². The number of halogens is 1. The summed E-state index contributed by atoms with van der Waals surface area (Å²) in [6, 6.07) is 10.2. The Hall–Kier alpha value is -2.50. The molecule has 0 bridgehead atoms. The van der Waals surface area contributed by atoms with Crippen LogP contribution in [-0.2, 0) is 0 Å². The fourth-order valence-electron chi connectivity index (χ4n) is 1.95. The van der Waals surface area contributed by atoms with Crippen LogP contribution in [0.4, 0.5) is 0 Å². The molecule has 3 rings (SSSR count). The Bertz CT molecular complexity index is 1010. The highest BCUT2D eigenvalue weighted by molar-refractivity contribution is 7.07. The van der Waals surface area contributed by atoms with Crippen molar-refractivity contribution in [3.8, 4) is 0 Å². The van der Waals surface area contributed by atoms with Crippen molar-refractivity contribution in [2.24, 2.45) is 0 Å². The number of Topliss-reactive ketones (excluding diaryl/α,β-unsaturated/α-hetero) is 1. The standard InChI is InChI=1S/C17H11ClN2O2S/c18-13-3-1-12(2-4-13)14(21)10-16-20-17(22)15(23-16)9-11-5-7-19-8-6-11/h1-10H,(H,20,22). The third kappa shape index (κ3) is 3.83. The van der Waals surface area contributed by atoms with Gasteiger partial charge in [-0.1, -0.05) is 11.6 Å². The van der Waals surface area contributed by atoms with E-state index in [1.807, 2.05) is 0 Å². The first-order chi connectivity index (χ1) is 11.1. The average Bonchev–Trinajstić information content (AvgIpc) is 2.88. The average molecular weight is 343 g/mol. The van der Waals surface area contributed by atoms with Crippen LogP contribution in [0.15, 0.2) is 53.6 Å². The van der Waals surface area contributed by atoms with E-state index in [0.717, 1.165) is 5.56 Å². The van der Waals surface area contributed by atoms with Crippen molar-refractivity contribution >= 4 is 40.9 Å². The fourth-order valence-corrected chi connectivity index (χ4v) is 2.96. The summed E-state index contributed by atoms with van der Waals surface area (Å²) in [6.07, 6.45) is 6.49. The van der Waals surface area contributed by atoms with Crippen molar-refractivity contribution < 1.29 is 4.79 Å². The second-order valence-corrected chi connectivity index (χ2v) is 6.25. The Kier molecular flexibility index (Phi) is 4.50. The topological polar surface area (TPSA) is 62.8 Å². The summed E-state index contributed by atoms with van der Waals surface area (Å²) in [7, 11) is 0. The zero-order valence-corrected chi connectivity index (χ0v) is 13.4. The number of aromatic nitrogens is 2. The lowest BCUT2D eigenvalue weighted by molar-refractivity contribution is 0.106. The summed E-state index contributed by atoms with van der Waals surface area (Å²) >= 11 is 7.04. The molecular formula is C17H11ClN2O2S. The van der Waals surface area contributed by atoms with Crippen LogP contribution in [-0.4, -0.2) is 15.8 Å². The number of H-pyrrole nitrogens is 1. The molecule has 0 fully saturated rings. The van der Waals surface area contributed by atoms with E-state index < -0.39 is 0 Å².